The van der Waals surface area contributed by atoms with Gasteiger partial charge in [0.25, 0.3) is 5.91 Å². The molecule has 2 aromatic rings. The molecule has 1 aliphatic heterocycles. The van der Waals surface area contributed by atoms with Gasteiger partial charge < -0.3 is 9.64 Å². The Kier molecular flexibility index (Phi) is 6.81. The summed E-state index contributed by atoms with van der Waals surface area (Å²) in [5, 5.41) is 0.520. The lowest BCUT2D eigenvalue weighted by Crippen LogP contribution is -2.58. The zero-order valence-corrected chi connectivity index (χ0v) is 18.2. The van der Waals surface area contributed by atoms with E-state index in [-0.39, 0.29) is 30.4 Å². The summed E-state index contributed by atoms with van der Waals surface area (Å²) in [4.78, 5) is 17.0. The number of carbonyl (C=O) groups is 1. The molecule has 1 saturated heterocycles. The third kappa shape index (κ3) is 5.28. The fourth-order valence-corrected chi connectivity index (χ4v) is 3.95. The second-order valence-corrected chi connectivity index (χ2v) is 8.36. The average molecular weight is 419 g/mol. The van der Waals surface area contributed by atoms with Crippen LogP contribution in [0.1, 0.15) is 30.5 Å². The van der Waals surface area contributed by atoms with E-state index >= 15 is 0 Å². The highest BCUT2D eigenvalue weighted by molar-refractivity contribution is 6.32. The van der Waals surface area contributed by atoms with Crippen LogP contribution >= 0.6 is 11.6 Å². The van der Waals surface area contributed by atoms with Gasteiger partial charge in [0.1, 0.15) is 11.6 Å². The molecular formula is C23H28ClFN2O2. The number of nitrogens with zero attached hydrogens (tertiary/aromatic N) is 2. The topological polar surface area (TPSA) is 32.8 Å². The third-order valence-corrected chi connectivity index (χ3v) is 5.93. The van der Waals surface area contributed by atoms with Crippen molar-refractivity contribution in [2.75, 3.05) is 19.7 Å². The summed E-state index contributed by atoms with van der Waals surface area (Å²) in [6.07, 6.45) is 0. The molecule has 2 atom stereocenters. The number of hydrogen-bond donors (Lipinski definition) is 0. The van der Waals surface area contributed by atoms with Gasteiger partial charge in [-0.2, -0.15) is 0 Å². The van der Waals surface area contributed by atoms with Crippen molar-refractivity contribution in [2.24, 2.45) is 0 Å². The highest BCUT2D eigenvalue weighted by atomic mass is 35.5. The maximum atomic E-state index is 13.1. The summed E-state index contributed by atoms with van der Waals surface area (Å²) in [6.45, 7) is 10.2. The van der Waals surface area contributed by atoms with Crippen LogP contribution < -0.4 is 4.74 Å². The maximum Gasteiger partial charge on any atom is 0.260 e. The molecule has 0 radical (unpaired) electrons. The molecule has 1 amide bonds. The molecule has 2 aromatic carbocycles. The van der Waals surface area contributed by atoms with Crippen molar-refractivity contribution < 1.29 is 13.9 Å². The Bertz CT molecular complexity index is 872. The number of halogens is 2. The quantitative estimate of drug-likeness (QED) is 0.711. The van der Waals surface area contributed by atoms with Crippen LogP contribution in [0.25, 0.3) is 0 Å². The van der Waals surface area contributed by atoms with Gasteiger partial charge in [0.05, 0.1) is 5.02 Å². The molecule has 0 bridgehead atoms. The van der Waals surface area contributed by atoms with Gasteiger partial charge in [0, 0.05) is 31.7 Å². The Morgan fingerprint density at radius 1 is 1.10 bits per heavy atom. The number of rotatable bonds is 5. The number of ether oxygens (including phenoxy) is 1. The number of amides is 1. The summed E-state index contributed by atoms with van der Waals surface area (Å²) >= 11 is 6.25. The number of carbonyl (C=O) groups excluding carboxylic acids is 1. The third-order valence-electron chi connectivity index (χ3n) is 5.63. The van der Waals surface area contributed by atoms with Crippen LogP contribution in [0.4, 0.5) is 4.39 Å². The van der Waals surface area contributed by atoms with Gasteiger partial charge in [-0.3, -0.25) is 9.69 Å². The van der Waals surface area contributed by atoms with Gasteiger partial charge in [-0.15, -0.1) is 0 Å². The van der Waals surface area contributed by atoms with Crippen LogP contribution in [-0.4, -0.2) is 47.5 Å². The van der Waals surface area contributed by atoms with E-state index in [1.165, 1.54) is 12.1 Å². The van der Waals surface area contributed by atoms with E-state index in [0.29, 0.717) is 17.3 Å². The molecule has 1 heterocycles. The monoisotopic (exact) mass is 418 g/mol. The smallest absolute Gasteiger partial charge is 0.260 e. The summed E-state index contributed by atoms with van der Waals surface area (Å²) in [6, 6.07) is 10.6. The minimum Gasteiger partial charge on any atom is -0.482 e. The first-order valence-electron chi connectivity index (χ1n) is 9.92. The summed E-state index contributed by atoms with van der Waals surface area (Å²) in [7, 11) is 0. The lowest BCUT2D eigenvalue weighted by Gasteiger charge is -2.44. The molecule has 156 valence electrons. The van der Waals surface area contributed by atoms with Gasteiger partial charge in [-0.1, -0.05) is 23.7 Å². The highest BCUT2D eigenvalue weighted by Gasteiger charge is 2.32. The predicted molar refractivity (Wildman–Crippen MR) is 114 cm³/mol. The molecule has 0 aliphatic carbocycles. The molecule has 0 spiro atoms. The van der Waals surface area contributed by atoms with Crippen LogP contribution in [0.2, 0.25) is 5.02 Å². The Morgan fingerprint density at radius 3 is 2.45 bits per heavy atom. The Labute approximate surface area is 177 Å². The van der Waals surface area contributed by atoms with Crippen molar-refractivity contribution in [3.8, 4) is 5.75 Å². The molecular weight excluding hydrogens is 391 g/mol. The van der Waals surface area contributed by atoms with Crippen molar-refractivity contribution in [2.45, 2.75) is 46.3 Å². The first-order chi connectivity index (χ1) is 13.7. The van der Waals surface area contributed by atoms with Gasteiger partial charge in [-0.05, 0) is 68.7 Å². The zero-order chi connectivity index (χ0) is 21.1. The Morgan fingerprint density at radius 2 is 1.76 bits per heavy atom. The predicted octanol–water partition coefficient (Wildman–Crippen LogP) is 4.60. The fraction of sp³-hybridized carbons (Fsp3) is 0.435. The van der Waals surface area contributed by atoms with Gasteiger partial charge in [0.2, 0.25) is 0 Å². The van der Waals surface area contributed by atoms with E-state index < -0.39 is 0 Å². The van der Waals surface area contributed by atoms with E-state index in [1.54, 1.807) is 0 Å². The molecule has 29 heavy (non-hydrogen) atoms. The van der Waals surface area contributed by atoms with E-state index in [0.717, 1.165) is 29.8 Å². The van der Waals surface area contributed by atoms with Gasteiger partial charge >= 0.3 is 0 Å². The molecule has 0 aromatic heterocycles. The lowest BCUT2D eigenvalue weighted by molar-refractivity contribution is -0.139. The first kappa shape index (κ1) is 21.6. The van der Waals surface area contributed by atoms with E-state index in [9.17, 15) is 9.18 Å². The highest BCUT2D eigenvalue weighted by Crippen LogP contribution is 2.28. The van der Waals surface area contributed by atoms with E-state index in [4.69, 9.17) is 16.3 Å². The van der Waals surface area contributed by atoms with Crippen molar-refractivity contribution in [3.63, 3.8) is 0 Å². The summed E-state index contributed by atoms with van der Waals surface area (Å²) < 4.78 is 18.9. The summed E-state index contributed by atoms with van der Waals surface area (Å²) in [5.74, 6) is 0.272. The Hall–Kier alpha value is -2.11. The largest absolute Gasteiger partial charge is 0.482 e. The van der Waals surface area contributed by atoms with Crippen molar-refractivity contribution >= 4 is 17.5 Å². The SMILES string of the molecule is Cc1cc(Cl)c(OCC(=O)N2C[C@@H](C)N(Cc3ccc(F)cc3)C[C@@H]2C)cc1C. The molecule has 0 unspecified atom stereocenters. The van der Waals surface area contributed by atoms with Gasteiger partial charge in [-0.25, -0.2) is 4.39 Å². The van der Waals surface area contributed by atoms with Crippen molar-refractivity contribution in [1.29, 1.82) is 0 Å². The number of piperazine rings is 1. The van der Waals surface area contributed by atoms with Gasteiger partial charge in [0.15, 0.2) is 6.61 Å². The molecule has 1 aliphatic rings. The maximum absolute atomic E-state index is 13.1. The van der Waals surface area contributed by atoms with Crippen molar-refractivity contribution in [3.05, 3.63) is 63.9 Å². The van der Waals surface area contributed by atoms with Crippen molar-refractivity contribution in [1.82, 2.24) is 9.80 Å². The molecule has 3 rings (SSSR count). The molecule has 1 fully saturated rings. The average Bonchev–Trinajstić information content (AvgIpc) is 2.67. The second kappa shape index (κ2) is 9.14. The van der Waals surface area contributed by atoms with E-state index in [2.05, 4.69) is 11.8 Å². The molecule has 0 saturated carbocycles. The van der Waals surface area contributed by atoms with Crippen LogP contribution in [-0.2, 0) is 11.3 Å². The van der Waals surface area contributed by atoms with Crippen LogP contribution in [0, 0.1) is 19.7 Å². The minimum absolute atomic E-state index is 0.0305. The van der Waals surface area contributed by atoms with Crippen LogP contribution in [0.5, 0.6) is 5.75 Å². The summed E-state index contributed by atoms with van der Waals surface area (Å²) in [5.41, 5.74) is 3.24. The number of aryl methyl sites for hydroxylation is 2. The molecule has 4 nitrogen and oxygen atoms in total. The fourth-order valence-electron chi connectivity index (χ4n) is 3.68. The molecule has 6 heteroatoms. The standard InChI is InChI=1S/C23H28ClFN2O2/c1-15-9-21(24)22(10-16(15)2)29-14-23(28)27-12-17(3)26(11-18(27)4)13-19-5-7-20(25)8-6-19/h5-10,17-18H,11-14H2,1-4H3/t17-,18+/m1/s1. The lowest BCUT2D eigenvalue weighted by atomic mass is 10.1. The normalized spacial score (nSPS) is 20.0. The zero-order valence-electron chi connectivity index (χ0n) is 17.4. The molecule has 0 N–H and O–H groups in total. The van der Waals surface area contributed by atoms with Crippen LogP contribution in [0.15, 0.2) is 36.4 Å². The van der Waals surface area contributed by atoms with E-state index in [1.807, 2.05) is 49.9 Å². The second-order valence-electron chi connectivity index (χ2n) is 7.96. The minimum atomic E-state index is -0.227. The first-order valence-corrected chi connectivity index (χ1v) is 10.3. The van der Waals surface area contributed by atoms with Crippen LogP contribution in [0.3, 0.4) is 0 Å². The number of hydrogen-bond acceptors (Lipinski definition) is 3. The number of benzene rings is 2. The Balaban J connectivity index is 1.58.